The molecular formula is C22H18BrNO4. The van der Waals surface area contributed by atoms with Crippen molar-refractivity contribution in [2.75, 3.05) is 19.0 Å². The molecule has 0 aliphatic carbocycles. The SMILES string of the molecule is COc1cc2c(cc1NC(=O)COc1ccc(Br)c(C)c1)oc1ccccc12. The number of rotatable bonds is 5. The molecule has 142 valence electrons. The molecule has 0 aliphatic heterocycles. The van der Waals surface area contributed by atoms with Gasteiger partial charge in [0.2, 0.25) is 0 Å². The third kappa shape index (κ3) is 3.55. The fraction of sp³-hybridized carbons (Fsp3) is 0.136. The summed E-state index contributed by atoms with van der Waals surface area (Å²) < 4.78 is 17.9. The largest absolute Gasteiger partial charge is 0.495 e. The van der Waals surface area contributed by atoms with E-state index in [0.29, 0.717) is 22.8 Å². The van der Waals surface area contributed by atoms with Crippen LogP contribution in [0.1, 0.15) is 5.56 Å². The molecule has 6 heteroatoms. The zero-order valence-electron chi connectivity index (χ0n) is 15.4. The monoisotopic (exact) mass is 439 g/mol. The minimum atomic E-state index is -0.283. The van der Waals surface area contributed by atoms with Gasteiger partial charge in [0.15, 0.2) is 6.61 Å². The number of amides is 1. The molecule has 0 bridgehead atoms. The molecule has 5 nitrogen and oxygen atoms in total. The van der Waals surface area contributed by atoms with E-state index in [1.165, 1.54) is 0 Å². The van der Waals surface area contributed by atoms with Crippen LogP contribution in [0.3, 0.4) is 0 Å². The maximum Gasteiger partial charge on any atom is 0.262 e. The van der Waals surface area contributed by atoms with E-state index < -0.39 is 0 Å². The predicted molar refractivity (Wildman–Crippen MR) is 113 cm³/mol. The molecule has 3 aromatic carbocycles. The lowest BCUT2D eigenvalue weighted by molar-refractivity contribution is -0.118. The van der Waals surface area contributed by atoms with Crippen LogP contribution in [0.2, 0.25) is 0 Å². The van der Waals surface area contributed by atoms with E-state index >= 15 is 0 Å². The first-order valence-corrected chi connectivity index (χ1v) is 9.52. The van der Waals surface area contributed by atoms with Crippen LogP contribution >= 0.6 is 15.9 Å². The van der Waals surface area contributed by atoms with Crippen LogP contribution in [-0.2, 0) is 4.79 Å². The summed E-state index contributed by atoms with van der Waals surface area (Å²) >= 11 is 3.44. The average molecular weight is 440 g/mol. The number of methoxy groups -OCH3 is 1. The Morgan fingerprint density at radius 3 is 2.68 bits per heavy atom. The van der Waals surface area contributed by atoms with Gasteiger partial charge in [0, 0.05) is 21.3 Å². The van der Waals surface area contributed by atoms with Crippen molar-refractivity contribution in [3.8, 4) is 11.5 Å². The summed E-state index contributed by atoms with van der Waals surface area (Å²) in [6.07, 6.45) is 0. The minimum absolute atomic E-state index is 0.109. The number of aryl methyl sites for hydroxylation is 1. The third-order valence-corrected chi connectivity index (χ3v) is 5.36. The quantitative estimate of drug-likeness (QED) is 0.434. The van der Waals surface area contributed by atoms with Gasteiger partial charge in [-0.3, -0.25) is 4.79 Å². The lowest BCUT2D eigenvalue weighted by atomic mass is 10.1. The number of fused-ring (bicyclic) bond motifs is 3. The van der Waals surface area contributed by atoms with Gasteiger partial charge in [-0.15, -0.1) is 0 Å². The Labute approximate surface area is 170 Å². The van der Waals surface area contributed by atoms with Crippen molar-refractivity contribution in [1.82, 2.24) is 0 Å². The van der Waals surface area contributed by atoms with Gasteiger partial charge in [0.25, 0.3) is 5.91 Å². The fourth-order valence-electron chi connectivity index (χ4n) is 3.06. The molecule has 0 unspecified atom stereocenters. The van der Waals surface area contributed by atoms with E-state index in [2.05, 4.69) is 21.2 Å². The minimum Gasteiger partial charge on any atom is -0.495 e. The van der Waals surface area contributed by atoms with Crippen LogP contribution in [0, 0.1) is 6.92 Å². The lowest BCUT2D eigenvalue weighted by Gasteiger charge is -2.11. The van der Waals surface area contributed by atoms with Gasteiger partial charge in [0.05, 0.1) is 12.8 Å². The molecule has 1 heterocycles. The van der Waals surface area contributed by atoms with Crippen LogP contribution < -0.4 is 14.8 Å². The highest BCUT2D eigenvalue weighted by Crippen LogP contribution is 2.36. The molecule has 1 aromatic heterocycles. The topological polar surface area (TPSA) is 60.7 Å². The Morgan fingerprint density at radius 2 is 1.89 bits per heavy atom. The summed E-state index contributed by atoms with van der Waals surface area (Å²) in [6, 6.07) is 17.0. The van der Waals surface area contributed by atoms with Crippen molar-refractivity contribution in [3.05, 3.63) is 64.6 Å². The van der Waals surface area contributed by atoms with Crippen LogP contribution in [0.15, 0.2) is 63.5 Å². The number of carbonyl (C=O) groups is 1. The molecule has 0 atom stereocenters. The number of hydrogen-bond acceptors (Lipinski definition) is 4. The number of halogens is 1. The molecule has 4 aromatic rings. The Kier molecular flexibility index (Phi) is 4.96. The van der Waals surface area contributed by atoms with Crippen molar-refractivity contribution >= 4 is 49.5 Å². The summed E-state index contributed by atoms with van der Waals surface area (Å²) in [4.78, 5) is 12.4. The molecule has 28 heavy (non-hydrogen) atoms. The molecule has 0 saturated heterocycles. The Hall–Kier alpha value is -2.99. The predicted octanol–water partition coefficient (Wildman–Crippen LogP) is 5.68. The summed E-state index contributed by atoms with van der Waals surface area (Å²) in [5, 5.41) is 4.78. The zero-order valence-corrected chi connectivity index (χ0v) is 17.0. The molecule has 0 aliphatic rings. The Balaban J connectivity index is 1.55. The van der Waals surface area contributed by atoms with Gasteiger partial charge in [-0.05, 0) is 42.8 Å². The first-order valence-electron chi connectivity index (χ1n) is 8.73. The van der Waals surface area contributed by atoms with E-state index in [1.807, 2.05) is 55.5 Å². The molecule has 0 saturated carbocycles. The van der Waals surface area contributed by atoms with Gasteiger partial charge in [0.1, 0.15) is 22.7 Å². The second-order valence-electron chi connectivity index (χ2n) is 6.39. The number of hydrogen-bond donors (Lipinski definition) is 1. The van der Waals surface area contributed by atoms with Crippen LogP contribution in [0.4, 0.5) is 5.69 Å². The number of carbonyl (C=O) groups excluding carboxylic acids is 1. The van der Waals surface area contributed by atoms with Crippen molar-refractivity contribution in [1.29, 1.82) is 0 Å². The summed E-state index contributed by atoms with van der Waals surface area (Å²) in [5.41, 5.74) is 3.04. The highest BCUT2D eigenvalue weighted by Gasteiger charge is 2.14. The maximum absolute atomic E-state index is 12.4. The normalized spacial score (nSPS) is 11.0. The molecule has 1 amide bonds. The van der Waals surface area contributed by atoms with Crippen LogP contribution in [0.5, 0.6) is 11.5 Å². The number of furan rings is 1. The summed E-state index contributed by atoms with van der Waals surface area (Å²) in [5.74, 6) is 0.914. The Bertz CT molecular complexity index is 1180. The number of para-hydroxylation sites is 1. The maximum atomic E-state index is 12.4. The second kappa shape index (κ2) is 7.56. The highest BCUT2D eigenvalue weighted by atomic mass is 79.9. The third-order valence-electron chi connectivity index (χ3n) is 4.47. The average Bonchev–Trinajstić information content (AvgIpc) is 3.05. The van der Waals surface area contributed by atoms with Crippen LogP contribution in [0.25, 0.3) is 21.9 Å². The van der Waals surface area contributed by atoms with Gasteiger partial charge in [-0.1, -0.05) is 34.1 Å². The zero-order chi connectivity index (χ0) is 19.7. The van der Waals surface area contributed by atoms with Crippen molar-refractivity contribution in [2.24, 2.45) is 0 Å². The number of ether oxygens (including phenoxy) is 2. The van der Waals surface area contributed by atoms with Gasteiger partial charge in [-0.25, -0.2) is 0 Å². The lowest BCUT2D eigenvalue weighted by Crippen LogP contribution is -2.20. The molecule has 1 N–H and O–H groups in total. The van der Waals surface area contributed by atoms with Gasteiger partial charge < -0.3 is 19.2 Å². The fourth-order valence-corrected chi connectivity index (χ4v) is 3.31. The van der Waals surface area contributed by atoms with E-state index in [4.69, 9.17) is 13.9 Å². The first-order chi connectivity index (χ1) is 13.5. The Morgan fingerprint density at radius 1 is 1.07 bits per heavy atom. The van der Waals surface area contributed by atoms with Crippen molar-refractivity contribution < 1.29 is 18.7 Å². The highest BCUT2D eigenvalue weighted by molar-refractivity contribution is 9.10. The van der Waals surface area contributed by atoms with E-state index in [1.54, 1.807) is 13.2 Å². The number of anilines is 1. The number of benzene rings is 3. The summed E-state index contributed by atoms with van der Waals surface area (Å²) in [7, 11) is 1.57. The summed E-state index contributed by atoms with van der Waals surface area (Å²) in [6.45, 7) is 1.85. The van der Waals surface area contributed by atoms with E-state index in [9.17, 15) is 4.79 Å². The van der Waals surface area contributed by atoms with Crippen molar-refractivity contribution in [3.63, 3.8) is 0 Å². The van der Waals surface area contributed by atoms with E-state index in [-0.39, 0.29) is 12.5 Å². The van der Waals surface area contributed by atoms with Crippen molar-refractivity contribution in [2.45, 2.75) is 6.92 Å². The number of nitrogens with one attached hydrogen (secondary N) is 1. The second-order valence-corrected chi connectivity index (χ2v) is 7.25. The first kappa shape index (κ1) is 18.4. The van der Waals surface area contributed by atoms with Gasteiger partial charge in [-0.2, -0.15) is 0 Å². The molecule has 0 radical (unpaired) electrons. The molecular weight excluding hydrogens is 422 g/mol. The van der Waals surface area contributed by atoms with E-state index in [0.717, 1.165) is 26.4 Å². The molecule has 0 spiro atoms. The van der Waals surface area contributed by atoms with Gasteiger partial charge >= 0.3 is 0 Å². The van der Waals surface area contributed by atoms with Crippen LogP contribution in [-0.4, -0.2) is 19.6 Å². The standard InChI is InChI=1S/C22H18BrNO4/c1-13-9-14(7-8-17(13)23)27-12-22(25)24-18-11-20-16(10-21(18)26-2)15-5-3-4-6-19(15)28-20/h3-11H,12H2,1-2H3,(H,24,25). The molecule has 4 rings (SSSR count). The smallest absolute Gasteiger partial charge is 0.262 e. The molecule has 0 fully saturated rings.